The van der Waals surface area contributed by atoms with Crippen molar-refractivity contribution in [2.45, 2.75) is 6.18 Å². The van der Waals surface area contributed by atoms with Crippen LogP contribution in [-0.4, -0.2) is 16.0 Å². The Balaban J connectivity index is 1.51. The zero-order valence-corrected chi connectivity index (χ0v) is 16.8. The monoisotopic (exact) mass is 478 g/mol. The van der Waals surface area contributed by atoms with Gasteiger partial charge in [-0.1, -0.05) is 0 Å². The number of nitrogens with zero attached hydrogens (tertiary/aromatic N) is 2. The Morgan fingerprint density at radius 3 is 2.18 bits per heavy atom. The normalized spacial score (nSPS) is 11.4. The number of hydrogen-bond acceptors (Lipinski definition) is 4. The van der Waals surface area contributed by atoms with Crippen LogP contribution in [0.3, 0.4) is 0 Å². The Hall–Kier alpha value is -4.35. The van der Waals surface area contributed by atoms with E-state index >= 15 is 0 Å². The van der Waals surface area contributed by atoms with E-state index in [0.717, 1.165) is 12.1 Å². The number of carbonyl (C=O) groups is 1. The molecule has 0 unspecified atom stereocenters. The van der Waals surface area contributed by atoms with E-state index in [4.69, 9.17) is 4.74 Å². The Morgan fingerprint density at radius 1 is 0.794 bits per heavy atom. The quantitative estimate of drug-likeness (QED) is 0.328. The van der Waals surface area contributed by atoms with Crippen molar-refractivity contribution in [3.05, 3.63) is 83.9 Å². The molecule has 0 saturated carbocycles. The Morgan fingerprint density at radius 2 is 1.47 bits per heavy atom. The molecule has 0 fully saturated rings. The van der Waals surface area contributed by atoms with E-state index in [1.54, 1.807) is 6.07 Å². The molecule has 1 aromatic heterocycles. The third-order valence-electron chi connectivity index (χ3n) is 4.45. The van der Waals surface area contributed by atoms with Crippen LogP contribution in [0, 0.1) is 17.5 Å². The molecular formula is C22H12F6N4O2. The number of halogens is 6. The molecule has 34 heavy (non-hydrogen) atoms. The summed E-state index contributed by atoms with van der Waals surface area (Å²) in [6.07, 6.45) is -1.97. The van der Waals surface area contributed by atoms with Crippen molar-refractivity contribution in [1.29, 1.82) is 0 Å². The maximum absolute atomic E-state index is 14.3. The number of urea groups is 1. The van der Waals surface area contributed by atoms with Crippen molar-refractivity contribution >= 4 is 28.4 Å². The molecule has 4 rings (SSSR count). The maximum Gasteiger partial charge on any atom is 0.419 e. The molecular weight excluding hydrogens is 466 g/mol. The Bertz CT molecular complexity index is 1390. The molecule has 0 saturated heterocycles. The van der Waals surface area contributed by atoms with Gasteiger partial charge in [-0.15, -0.1) is 0 Å². The van der Waals surface area contributed by atoms with Crippen LogP contribution in [0.15, 0.2) is 60.9 Å². The molecule has 2 N–H and O–H groups in total. The minimum Gasteiger partial charge on any atom is -0.454 e. The number of hydrogen-bond donors (Lipinski definition) is 2. The number of benzene rings is 3. The molecule has 3 aromatic carbocycles. The molecule has 6 nitrogen and oxygen atoms in total. The first-order chi connectivity index (χ1) is 16.1. The lowest BCUT2D eigenvalue weighted by Gasteiger charge is -2.13. The molecule has 174 valence electrons. The summed E-state index contributed by atoms with van der Waals surface area (Å²) in [7, 11) is 0. The van der Waals surface area contributed by atoms with Gasteiger partial charge in [0.1, 0.15) is 11.6 Å². The van der Waals surface area contributed by atoms with Gasteiger partial charge in [0.15, 0.2) is 11.6 Å². The van der Waals surface area contributed by atoms with Gasteiger partial charge < -0.3 is 15.4 Å². The highest BCUT2D eigenvalue weighted by molar-refractivity contribution is 5.99. The first kappa shape index (κ1) is 22.8. The smallest absolute Gasteiger partial charge is 0.419 e. The largest absolute Gasteiger partial charge is 0.454 e. The third-order valence-corrected chi connectivity index (χ3v) is 4.45. The third kappa shape index (κ3) is 5.00. The van der Waals surface area contributed by atoms with Gasteiger partial charge in [-0.2, -0.15) is 17.6 Å². The second-order valence-electron chi connectivity index (χ2n) is 6.85. The molecule has 1 heterocycles. The molecule has 12 heteroatoms. The topological polar surface area (TPSA) is 76.1 Å². The number of amides is 2. The van der Waals surface area contributed by atoms with Crippen molar-refractivity contribution < 1.29 is 35.9 Å². The van der Waals surface area contributed by atoms with Gasteiger partial charge in [-0.05, 0) is 30.3 Å². The van der Waals surface area contributed by atoms with Crippen molar-refractivity contribution in [3.63, 3.8) is 0 Å². The van der Waals surface area contributed by atoms with E-state index in [1.165, 1.54) is 24.5 Å². The maximum atomic E-state index is 14.3. The van der Waals surface area contributed by atoms with Crippen LogP contribution in [0.25, 0.3) is 11.0 Å². The molecule has 4 aromatic rings. The number of fused-ring (bicyclic) bond motifs is 1. The highest BCUT2D eigenvalue weighted by Gasteiger charge is 2.34. The molecule has 0 spiro atoms. The van der Waals surface area contributed by atoms with Gasteiger partial charge in [0.2, 0.25) is 5.82 Å². The van der Waals surface area contributed by atoms with E-state index in [2.05, 4.69) is 20.6 Å². The van der Waals surface area contributed by atoms with Crippen LogP contribution in [0.5, 0.6) is 11.5 Å². The molecule has 0 bridgehead atoms. The van der Waals surface area contributed by atoms with Gasteiger partial charge in [0, 0.05) is 42.0 Å². The van der Waals surface area contributed by atoms with E-state index in [0.29, 0.717) is 29.2 Å². The van der Waals surface area contributed by atoms with Crippen molar-refractivity contribution in [2.24, 2.45) is 0 Å². The molecule has 0 aliphatic carbocycles. The predicted molar refractivity (Wildman–Crippen MR) is 110 cm³/mol. The van der Waals surface area contributed by atoms with E-state index in [9.17, 15) is 31.1 Å². The first-order valence-electron chi connectivity index (χ1n) is 9.42. The van der Waals surface area contributed by atoms with Crippen LogP contribution >= 0.6 is 0 Å². The summed E-state index contributed by atoms with van der Waals surface area (Å²) in [5.41, 5.74) is -1.04. The van der Waals surface area contributed by atoms with Crippen LogP contribution in [0.2, 0.25) is 0 Å². The fraction of sp³-hybridized carbons (Fsp3) is 0.0455. The fourth-order valence-corrected chi connectivity index (χ4v) is 2.96. The van der Waals surface area contributed by atoms with Gasteiger partial charge in [0.05, 0.1) is 16.6 Å². The second kappa shape index (κ2) is 8.89. The lowest BCUT2D eigenvalue weighted by molar-refractivity contribution is -0.139. The average molecular weight is 478 g/mol. The minimum atomic E-state index is -4.90. The van der Waals surface area contributed by atoms with E-state index in [-0.39, 0.29) is 17.1 Å². The fourth-order valence-electron chi connectivity index (χ4n) is 2.96. The summed E-state index contributed by atoms with van der Waals surface area (Å²) >= 11 is 0. The van der Waals surface area contributed by atoms with E-state index < -0.39 is 41.0 Å². The van der Waals surface area contributed by atoms with Crippen molar-refractivity contribution in [2.75, 3.05) is 10.6 Å². The average Bonchev–Trinajstić information content (AvgIpc) is 2.76. The summed E-state index contributed by atoms with van der Waals surface area (Å²) in [5, 5.41) is 4.28. The Kier molecular flexibility index (Phi) is 5.97. The van der Waals surface area contributed by atoms with Crippen LogP contribution < -0.4 is 15.4 Å². The summed E-state index contributed by atoms with van der Waals surface area (Å²) in [6, 6.07) is 6.86. The van der Waals surface area contributed by atoms with Crippen molar-refractivity contribution in [1.82, 2.24) is 9.97 Å². The zero-order chi connectivity index (χ0) is 24.5. The standard InChI is InChI=1S/C22H12F6N4O2/c23-15-7-11(1-3-14(15)22(26,27)28)31-21(33)32-12-8-16(24)20(25)19(9-12)34-13-2-4-17-18(10-13)30-6-5-29-17/h1-10H,(H2,31,32,33). The van der Waals surface area contributed by atoms with Gasteiger partial charge in [0.25, 0.3) is 0 Å². The van der Waals surface area contributed by atoms with Gasteiger partial charge in [-0.25, -0.2) is 13.6 Å². The summed E-state index contributed by atoms with van der Waals surface area (Å²) in [6.45, 7) is 0. The second-order valence-corrected chi connectivity index (χ2v) is 6.85. The minimum absolute atomic E-state index is 0.119. The number of rotatable bonds is 4. The number of ether oxygens (including phenoxy) is 1. The van der Waals surface area contributed by atoms with Gasteiger partial charge in [-0.3, -0.25) is 9.97 Å². The number of anilines is 2. The highest BCUT2D eigenvalue weighted by Crippen LogP contribution is 2.33. The zero-order valence-electron chi connectivity index (χ0n) is 16.8. The van der Waals surface area contributed by atoms with Crippen LogP contribution in [0.1, 0.15) is 5.56 Å². The lowest BCUT2D eigenvalue weighted by atomic mass is 10.2. The van der Waals surface area contributed by atoms with Crippen LogP contribution in [0.4, 0.5) is 42.5 Å². The Labute approximate surface area is 187 Å². The first-order valence-corrected chi connectivity index (χ1v) is 9.42. The number of nitrogens with one attached hydrogen (secondary N) is 2. The number of carbonyl (C=O) groups excluding carboxylic acids is 1. The van der Waals surface area contributed by atoms with Crippen LogP contribution in [-0.2, 0) is 6.18 Å². The van der Waals surface area contributed by atoms with Crippen molar-refractivity contribution in [3.8, 4) is 11.5 Å². The molecule has 0 aliphatic heterocycles. The molecule has 0 atom stereocenters. The summed E-state index contributed by atoms with van der Waals surface area (Å²) in [4.78, 5) is 20.3. The molecule has 0 radical (unpaired) electrons. The molecule has 2 amide bonds. The SMILES string of the molecule is O=C(Nc1ccc(C(F)(F)F)c(F)c1)Nc1cc(F)c(F)c(Oc2ccc3nccnc3c2)c1. The number of aromatic nitrogens is 2. The summed E-state index contributed by atoms with van der Waals surface area (Å²) < 4.78 is 85.3. The molecule has 0 aliphatic rings. The van der Waals surface area contributed by atoms with E-state index in [1.807, 2.05) is 0 Å². The predicted octanol–water partition coefficient (Wildman–Crippen LogP) is 6.50. The number of alkyl halides is 3. The van der Waals surface area contributed by atoms with Gasteiger partial charge >= 0.3 is 12.2 Å². The lowest BCUT2D eigenvalue weighted by Crippen LogP contribution is -2.20. The summed E-state index contributed by atoms with van der Waals surface area (Å²) in [5.74, 6) is -4.69. The highest BCUT2D eigenvalue weighted by atomic mass is 19.4.